The van der Waals surface area contributed by atoms with Crippen LogP contribution in [0.25, 0.3) is 10.6 Å². The van der Waals surface area contributed by atoms with Gasteiger partial charge in [0.1, 0.15) is 5.01 Å². The Hall–Kier alpha value is -3.06. The van der Waals surface area contributed by atoms with Gasteiger partial charge in [0.2, 0.25) is 16.9 Å². The van der Waals surface area contributed by atoms with E-state index in [-0.39, 0.29) is 24.2 Å². The van der Waals surface area contributed by atoms with Crippen molar-refractivity contribution in [3.05, 3.63) is 66.2 Å². The van der Waals surface area contributed by atoms with E-state index in [1.54, 1.807) is 0 Å². The van der Waals surface area contributed by atoms with Crippen molar-refractivity contribution in [2.45, 2.75) is 45.4 Å². The van der Waals surface area contributed by atoms with E-state index >= 15 is 0 Å². The highest BCUT2D eigenvalue weighted by Gasteiger charge is 2.24. The molecule has 0 spiro atoms. The fraction of sp³-hybridized carbons (Fsp3) is 0.360. The lowest BCUT2D eigenvalue weighted by molar-refractivity contribution is -0.133. The van der Waals surface area contributed by atoms with Gasteiger partial charge in [0.25, 0.3) is 0 Å². The summed E-state index contributed by atoms with van der Waals surface area (Å²) in [5, 5.41) is 12.3. The molecule has 0 aliphatic heterocycles. The predicted molar refractivity (Wildman–Crippen MR) is 130 cm³/mol. The van der Waals surface area contributed by atoms with Crippen molar-refractivity contribution in [3.8, 4) is 10.6 Å². The molecule has 7 heteroatoms. The van der Waals surface area contributed by atoms with E-state index in [9.17, 15) is 9.59 Å². The van der Waals surface area contributed by atoms with Gasteiger partial charge in [0.15, 0.2) is 0 Å². The number of carbonyl (C=O) groups is 2. The molecule has 168 valence electrons. The minimum Gasteiger partial charge on any atom is -0.342 e. The van der Waals surface area contributed by atoms with Crippen LogP contribution in [0.15, 0.2) is 60.7 Å². The van der Waals surface area contributed by atoms with Gasteiger partial charge in [-0.25, -0.2) is 0 Å². The van der Waals surface area contributed by atoms with Crippen molar-refractivity contribution in [3.63, 3.8) is 0 Å². The van der Waals surface area contributed by atoms with Gasteiger partial charge in [-0.05, 0) is 18.4 Å². The Morgan fingerprint density at radius 2 is 1.66 bits per heavy atom. The fourth-order valence-corrected chi connectivity index (χ4v) is 4.29. The molecule has 3 aromatic rings. The summed E-state index contributed by atoms with van der Waals surface area (Å²) in [4.78, 5) is 27.7. The fourth-order valence-electron chi connectivity index (χ4n) is 3.53. The largest absolute Gasteiger partial charge is 0.342 e. The second-order valence-electron chi connectivity index (χ2n) is 7.63. The molecule has 6 nitrogen and oxygen atoms in total. The van der Waals surface area contributed by atoms with Crippen LogP contribution in [0.5, 0.6) is 0 Å². The Kier molecular flexibility index (Phi) is 8.92. The number of benzene rings is 2. The third kappa shape index (κ3) is 6.47. The van der Waals surface area contributed by atoms with Crippen LogP contribution in [-0.2, 0) is 9.59 Å². The standard InChI is InChI=1S/C25H30N4O2S/c1-3-5-17-29(24(31)21(4-2)19-12-8-6-9-13-19)18-16-22(30)26-25-28-27-23(32-25)20-14-10-7-11-15-20/h6-15,21H,3-5,16-18H2,1-2H3,(H,26,28,30)/t21-/m0/s1. The highest BCUT2D eigenvalue weighted by Crippen LogP contribution is 2.26. The summed E-state index contributed by atoms with van der Waals surface area (Å²) >= 11 is 1.34. The lowest BCUT2D eigenvalue weighted by Crippen LogP contribution is -2.38. The first kappa shape index (κ1) is 23.6. The molecule has 0 fully saturated rings. The zero-order valence-electron chi connectivity index (χ0n) is 18.7. The average molecular weight is 451 g/mol. The number of anilines is 1. The number of unbranched alkanes of at least 4 members (excludes halogenated alkanes) is 1. The van der Waals surface area contributed by atoms with Crippen LogP contribution in [0.2, 0.25) is 0 Å². The molecule has 2 aromatic carbocycles. The van der Waals surface area contributed by atoms with Gasteiger partial charge in [-0.2, -0.15) is 0 Å². The first-order valence-electron chi connectivity index (χ1n) is 11.1. The predicted octanol–water partition coefficient (Wildman–Crippen LogP) is 5.36. The first-order valence-corrected chi connectivity index (χ1v) is 12.0. The molecule has 0 aliphatic carbocycles. The Morgan fingerprint density at radius 3 is 2.31 bits per heavy atom. The molecule has 2 amide bonds. The number of carbonyl (C=O) groups excluding carboxylic acids is 2. The third-order valence-corrected chi connectivity index (χ3v) is 6.19. The summed E-state index contributed by atoms with van der Waals surface area (Å²) in [6.45, 7) is 5.17. The minimum atomic E-state index is -0.187. The van der Waals surface area contributed by atoms with Gasteiger partial charge < -0.3 is 10.2 Å². The monoisotopic (exact) mass is 450 g/mol. The Bertz CT molecular complexity index is 991. The molecule has 0 unspecified atom stereocenters. The normalized spacial score (nSPS) is 11.7. The molecule has 3 rings (SSSR count). The van der Waals surface area contributed by atoms with E-state index in [1.165, 1.54) is 11.3 Å². The Morgan fingerprint density at radius 1 is 0.969 bits per heavy atom. The second-order valence-corrected chi connectivity index (χ2v) is 8.60. The van der Waals surface area contributed by atoms with Crippen molar-refractivity contribution < 1.29 is 9.59 Å². The lowest BCUT2D eigenvalue weighted by atomic mass is 9.95. The Balaban J connectivity index is 1.60. The van der Waals surface area contributed by atoms with Gasteiger partial charge in [-0.3, -0.25) is 9.59 Å². The molecule has 0 saturated carbocycles. The van der Waals surface area contributed by atoms with Crippen molar-refractivity contribution in [2.24, 2.45) is 0 Å². The zero-order chi connectivity index (χ0) is 22.8. The maximum absolute atomic E-state index is 13.3. The molecule has 0 saturated heterocycles. The molecule has 1 atom stereocenters. The van der Waals surface area contributed by atoms with Crippen LogP contribution >= 0.6 is 11.3 Å². The van der Waals surface area contributed by atoms with Crippen LogP contribution in [0.1, 0.15) is 51.0 Å². The van der Waals surface area contributed by atoms with Crippen molar-refractivity contribution in [1.82, 2.24) is 15.1 Å². The summed E-state index contributed by atoms with van der Waals surface area (Å²) in [7, 11) is 0. The average Bonchev–Trinajstić information content (AvgIpc) is 3.29. The summed E-state index contributed by atoms with van der Waals surface area (Å²) in [5.74, 6) is -0.266. The van der Waals surface area contributed by atoms with Gasteiger partial charge in [0, 0.05) is 25.1 Å². The van der Waals surface area contributed by atoms with Crippen LogP contribution in [0.3, 0.4) is 0 Å². The van der Waals surface area contributed by atoms with Crippen LogP contribution in [-0.4, -0.2) is 40.0 Å². The zero-order valence-corrected chi connectivity index (χ0v) is 19.5. The number of nitrogens with zero attached hydrogens (tertiary/aromatic N) is 3. The Labute approximate surface area is 193 Å². The number of hydrogen-bond donors (Lipinski definition) is 1. The molecule has 0 aliphatic rings. The molecular weight excluding hydrogens is 420 g/mol. The summed E-state index contributed by atoms with van der Waals surface area (Å²) in [6, 6.07) is 19.6. The number of amides is 2. The molecular formula is C25H30N4O2S. The van der Waals surface area contributed by atoms with Crippen molar-refractivity contribution >= 4 is 28.3 Å². The molecule has 1 aromatic heterocycles. The van der Waals surface area contributed by atoms with E-state index in [0.717, 1.165) is 35.4 Å². The minimum absolute atomic E-state index is 0.0854. The molecule has 0 bridgehead atoms. The topological polar surface area (TPSA) is 75.2 Å². The SMILES string of the molecule is CCCCN(CCC(=O)Nc1nnc(-c2ccccc2)s1)C(=O)[C@@H](CC)c1ccccc1. The van der Waals surface area contributed by atoms with Gasteiger partial charge in [0.05, 0.1) is 5.92 Å². The highest BCUT2D eigenvalue weighted by molar-refractivity contribution is 7.18. The maximum Gasteiger partial charge on any atom is 0.230 e. The van der Waals surface area contributed by atoms with Gasteiger partial charge >= 0.3 is 0 Å². The van der Waals surface area contributed by atoms with Crippen LogP contribution in [0, 0.1) is 0 Å². The summed E-state index contributed by atoms with van der Waals surface area (Å²) in [5.41, 5.74) is 1.99. The van der Waals surface area contributed by atoms with E-state index in [4.69, 9.17) is 0 Å². The number of rotatable bonds is 11. The number of aromatic nitrogens is 2. The molecule has 0 radical (unpaired) electrons. The molecule has 1 N–H and O–H groups in total. The van der Waals surface area contributed by atoms with E-state index in [1.807, 2.05) is 72.5 Å². The number of nitrogens with one attached hydrogen (secondary N) is 1. The van der Waals surface area contributed by atoms with Crippen molar-refractivity contribution in [1.29, 1.82) is 0 Å². The van der Waals surface area contributed by atoms with Gasteiger partial charge in [-0.1, -0.05) is 92.3 Å². The summed E-state index contributed by atoms with van der Waals surface area (Å²) < 4.78 is 0. The van der Waals surface area contributed by atoms with E-state index in [0.29, 0.717) is 18.2 Å². The molecule has 1 heterocycles. The quantitative estimate of drug-likeness (QED) is 0.427. The highest BCUT2D eigenvalue weighted by atomic mass is 32.1. The van der Waals surface area contributed by atoms with Gasteiger partial charge in [-0.15, -0.1) is 10.2 Å². The van der Waals surface area contributed by atoms with Crippen molar-refractivity contribution in [2.75, 3.05) is 18.4 Å². The number of hydrogen-bond acceptors (Lipinski definition) is 5. The van der Waals surface area contributed by atoms with Crippen LogP contribution < -0.4 is 5.32 Å². The smallest absolute Gasteiger partial charge is 0.230 e. The van der Waals surface area contributed by atoms with Crippen LogP contribution in [0.4, 0.5) is 5.13 Å². The van der Waals surface area contributed by atoms with E-state index < -0.39 is 0 Å². The molecule has 32 heavy (non-hydrogen) atoms. The third-order valence-electron chi connectivity index (χ3n) is 5.30. The second kappa shape index (κ2) is 12.1. The summed E-state index contributed by atoms with van der Waals surface area (Å²) in [6.07, 6.45) is 2.85. The van der Waals surface area contributed by atoms with E-state index in [2.05, 4.69) is 22.4 Å². The lowest BCUT2D eigenvalue weighted by Gasteiger charge is -2.27. The maximum atomic E-state index is 13.3. The first-order chi connectivity index (χ1) is 15.6.